The molecule has 3 heterocycles. The van der Waals surface area contributed by atoms with Crippen LogP contribution < -0.4 is 10.6 Å². The van der Waals surface area contributed by atoms with Crippen LogP contribution in [-0.4, -0.2) is 66.5 Å². The lowest BCUT2D eigenvalue weighted by Gasteiger charge is -2.26. The molecule has 4 rings (SSSR count). The van der Waals surface area contributed by atoms with Crippen molar-refractivity contribution in [1.82, 2.24) is 40.3 Å². The van der Waals surface area contributed by atoms with Gasteiger partial charge in [0.25, 0.3) is 0 Å². The van der Waals surface area contributed by atoms with Gasteiger partial charge in [-0.15, -0.1) is 0 Å². The van der Waals surface area contributed by atoms with Crippen molar-refractivity contribution in [3.63, 3.8) is 0 Å². The number of amides is 3. The van der Waals surface area contributed by atoms with E-state index in [1.54, 1.807) is 28.2 Å². The van der Waals surface area contributed by atoms with E-state index in [9.17, 15) is 14.4 Å². The first kappa shape index (κ1) is 28.8. The molecule has 0 fully saturated rings. The number of nitrogens with zero attached hydrogens (tertiary/aromatic N) is 6. The number of rotatable bonds is 6. The Balaban J connectivity index is 1.60. The maximum absolute atomic E-state index is 13.3. The summed E-state index contributed by atoms with van der Waals surface area (Å²) in [6.07, 6.45) is 6.86. The van der Waals surface area contributed by atoms with Gasteiger partial charge in [0, 0.05) is 50.1 Å². The number of aromatic nitrogens is 5. The molecule has 0 saturated carbocycles. The average molecular weight is 547 g/mol. The van der Waals surface area contributed by atoms with E-state index < -0.39 is 12.1 Å². The number of hydrogen-bond acceptors (Lipinski definition) is 7. The van der Waals surface area contributed by atoms with Crippen LogP contribution in [0.4, 0.5) is 0 Å². The molecule has 0 saturated heterocycles. The zero-order chi connectivity index (χ0) is 28.5. The summed E-state index contributed by atoms with van der Waals surface area (Å²) in [4.78, 5) is 54.2. The fourth-order valence-corrected chi connectivity index (χ4v) is 4.76. The summed E-state index contributed by atoms with van der Waals surface area (Å²) >= 11 is 0. The van der Waals surface area contributed by atoms with E-state index in [0.29, 0.717) is 50.5 Å². The minimum absolute atomic E-state index is 0.0258. The summed E-state index contributed by atoms with van der Waals surface area (Å²) in [7, 11) is 0. The van der Waals surface area contributed by atoms with Crippen LogP contribution in [0, 0.1) is 5.92 Å². The third-order valence-electron chi connectivity index (χ3n) is 6.82. The molecule has 1 aliphatic rings. The van der Waals surface area contributed by atoms with Gasteiger partial charge >= 0.3 is 0 Å². The molecule has 0 radical (unpaired) electrons. The molecule has 212 valence electrons. The Morgan fingerprint density at radius 2 is 1.88 bits per heavy atom. The van der Waals surface area contributed by atoms with Crippen LogP contribution in [0.2, 0.25) is 0 Å². The van der Waals surface area contributed by atoms with E-state index in [0.717, 1.165) is 11.3 Å². The molecule has 11 nitrogen and oxygen atoms in total. The van der Waals surface area contributed by atoms with Crippen LogP contribution >= 0.6 is 0 Å². The van der Waals surface area contributed by atoms with Crippen LogP contribution in [0.5, 0.6) is 0 Å². The van der Waals surface area contributed by atoms with Crippen molar-refractivity contribution in [2.24, 2.45) is 5.92 Å². The van der Waals surface area contributed by atoms with Gasteiger partial charge in [0.2, 0.25) is 17.7 Å². The number of nitrogens with one attached hydrogen (secondary N) is 2. The molecule has 0 spiro atoms. The second kappa shape index (κ2) is 13.8. The number of aryl methyl sites for hydroxylation is 1. The zero-order valence-electron chi connectivity index (χ0n) is 23.4. The van der Waals surface area contributed by atoms with Crippen molar-refractivity contribution < 1.29 is 14.4 Å². The van der Waals surface area contributed by atoms with E-state index in [1.807, 2.05) is 51.1 Å². The van der Waals surface area contributed by atoms with E-state index in [2.05, 4.69) is 20.6 Å². The Morgan fingerprint density at radius 3 is 2.60 bits per heavy atom. The van der Waals surface area contributed by atoms with Crippen molar-refractivity contribution in [3.05, 3.63) is 60.4 Å². The molecule has 11 heteroatoms. The molecule has 0 unspecified atom stereocenters. The SMILES string of the molecule is CC(C)C[C@H]1NC(=O)CCCN(C(=O)CCc2cnccn2)CCn2nc(-c3ccccc3)nc2[C@@H](C)NC1=O. The normalized spacial score (nSPS) is 18.9. The van der Waals surface area contributed by atoms with Gasteiger partial charge in [-0.05, 0) is 32.1 Å². The van der Waals surface area contributed by atoms with Gasteiger partial charge in [-0.3, -0.25) is 24.4 Å². The Morgan fingerprint density at radius 1 is 1.07 bits per heavy atom. The number of fused-ring (bicyclic) bond motifs is 1. The third kappa shape index (κ3) is 7.93. The predicted molar refractivity (Wildman–Crippen MR) is 150 cm³/mol. The molecule has 0 bridgehead atoms. The Bertz CT molecular complexity index is 1280. The van der Waals surface area contributed by atoms with Crippen molar-refractivity contribution >= 4 is 17.7 Å². The van der Waals surface area contributed by atoms with Gasteiger partial charge in [0.1, 0.15) is 11.9 Å². The van der Waals surface area contributed by atoms with Gasteiger partial charge in [-0.2, -0.15) is 5.10 Å². The Labute approximate surface area is 234 Å². The zero-order valence-corrected chi connectivity index (χ0v) is 23.4. The quantitative estimate of drug-likeness (QED) is 0.485. The van der Waals surface area contributed by atoms with E-state index in [-0.39, 0.29) is 36.5 Å². The standard InChI is InChI=1S/C29H38N8O3/c1-20(2)18-24-29(40)32-21(3)28-34-27(22-8-5-4-6-9-22)35-37(28)17-16-36(15-7-10-25(38)33-24)26(39)12-11-23-19-30-13-14-31-23/h4-6,8-9,13-14,19-21,24H,7,10-12,15-18H2,1-3H3,(H,32,40)(H,33,38)/t21-,24-/m1/s1. The Kier molecular flexibility index (Phi) is 9.93. The highest BCUT2D eigenvalue weighted by atomic mass is 16.2. The molecule has 2 atom stereocenters. The minimum atomic E-state index is -0.660. The highest BCUT2D eigenvalue weighted by Crippen LogP contribution is 2.20. The van der Waals surface area contributed by atoms with Gasteiger partial charge in [-0.1, -0.05) is 44.2 Å². The fourth-order valence-electron chi connectivity index (χ4n) is 4.76. The molecule has 0 aliphatic carbocycles. The van der Waals surface area contributed by atoms with Crippen LogP contribution in [0.25, 0.3) is 11.4 Å². The highest BCUT2D eigenvalue weighted by Gasteiger charge is 2.27. The van der Waals surface area contributed by atoms with Crippen LogP contribution in [0.15, 0.2) is 48.9 Å². The molecule has 1 aliphatic heterocycles. The van der Waals surface area contributed by atoms with Crippen molar-refractivity contribution in [1.29, 1.82) is 0 Å². The number of hydrogen-bond donors (Lipinski definition) is 2. The van der Waals surface area contributed by atoms with Crippen molar-refractivity contribution in [3.8, 4) is 11.4 Å². The summed E-state index contributed by atoms with van der Waals surface area (Å²) in [6, 6.07) is 8.53. The topological polar surface area (TPSA) is 135 Å². The number of carbonyl (C=O) groups excluding carboxylic acids is 3. The average Bonchev–Trinajstić information content (AvgIpc) is 3.38. The summed E-state index contributed by atoms with van der Waals surface area (Å²) in [6.45, 7) is 7.09. The summed E-state index contributed by atoms with van der Waals surface area (Å²) in [5.74, 6) is 0.873. The number of benzene rings is 1. The monoisotopic (exact) mass is 546 g/mol. The minimum Gasteiger partial charge on any atom is -0.345 e. The molecule has 3 aromatic rings. The molecular formula is C29H38N8O3. The summed E-state index contributed by atoms with van der Waals surface area (Å²) in [5.41, 5.74) is 1.62. The second-order valence-corrected chi connectivity index (χ2v) is 10.5. The summed E-state index contributed by atoms with van der Waals surface area (Å²) in [5, 5.41) is 10.7. The maximum Gasteiger partial charge on any atom is 0.243 e. The van der Waals surface area contributed by atoms with Gasteiger partial charge in [-0.25, -0.2) is 9.67 Å². The first-order chi connectivity index (χ1) is 19.3. The smallest absolute Gasteiger partial charge is 0.243 e. The molecule has 2 aromatic heterocycles. The lowest BCUT2D eigenvalue weighted by molar-refractivity contribution is -0.132. The van der Waals surface area contributed by atoms with Crippen LogP contribution in [0.1, 0.15) is 64.0 Å². The molecule has 3 amide bonds. The molecule has 1 aromatic carbocycles. The van der Waals surface area contributed by atoms with E-state index in [1.165, 1.54) is 0 Å². The largest absolute Gasteiger partial charge is 0.345 e. The van der Waals surface area contributed by atoms with E-state index >= 15 is 0 Å². The lowest BCUT2D eigenvalue weighted by atomic mass is 10.0. The first-order valence-electron chi connectivity index (χ1n) is 13.9. The van der Waals surface area contributed by atoms with Crippen molar-refractivity contribution in [2.45, 2.75) is 71.5 Å². The van der Waals surface area contributed by atoms with Crippen molar-refractivity contribution in [2.75, 3.05) is 13.1 Å². The third-order valence-corrected chi connectivity index (χ3v) is 6.82. The molecular weight excluding hydrogens is 508 g/mol. The van der Waals surface area contributed by atoms with Gasteiger partial charge in [0.15, 0.2) is 5.82 Å². The second-order valence-electron chi connectivity index (χ2n) is 10.5. The van der Waals surface area contributed by atoms with Crippen LogP contribution in [-0.2, 0) is 27.3 Å². The van der Waals surface area contributed by atoms with Gasteiger partial charge in [0.05, 0.1) is 18.3 Å². The maximum atomic E-state index is 13.3. The Hall–Kier alpha value is -4.15. The molecule has 40 heavy (non-hydrogen) atoms. The highest BCUT2D eigenvalue weighted by molar-refractivity contribution is 5.87. The van der Waals surface area contributed by atoms with E-state index in [4.69, 9.17) is 10.1 Å². The van der Waals surface area contributed by atoms with Gasteiger partial charge < -0.3 is 15.5 Å². The first-order valence-corrected chi connectivity index (χ1v) is 13.9. The summed E-state index contributed by atoms with van der Waals surface area (Å²) < 4.78 is 1.78. The molecule has 2 N–H and O–H groups in total. The van der Waals surface area contributed by atoms with Crippen LogP contribution in [0.3, 0.4) is 0 Å². The predicted octanol–water partition coefficient (Wildman–Crippen LogP) is 2.70. The lowest BCUT2D eigenvalue weighted by Crippen LogP contribution is -2.48. The fraction of sp³-hybridized carbons (Fsp3) is 0.483. The number of carbonyl (C=O) groups is 3.